The van der Waals surface area contributed by atoms with Crippen molar-refractivity contribution in [1.29, 1.82) is 5.26 Å². The number of rotatable bonds is 2. The number of hydrogen-bond donors (Lipinski definition) is 1. The van der Waals surface area contributed by atoms with Crippen molar-refractivity contribution >= 4 is 15.9 Å². The zero-order valence-electron chi connectivity index (χ0n) is 7.57. The van der Waals surface area contributed by atoms with Crippen molar-refractivity contribution in [2.45, 2.75) is 11.8 Å². The van der Waals surface area contributed by atoms with E-state index >= 15 is 0 Å². The van der Waals surface area contributed by atoms with Gasteiger partial charge in [0.2, 0.25) is 0 Å². The minimum Gasteiger partial charge on any atom is -0.396 e. The molecule has 2 nitrogen and oxygen atoms in total. The Kier molecular flexibility index (Phi) is 2.34. The molecule has 0 bridgehead atoms. The summed E-state index contributed by atoms with van der Waals surface area (Å²) < 4.78 is 0.956. The molecule has 2 rings (SSSR count). The minimum absolute atomic E-state index is 0.0922. The molecular weight excluding hydrogens is 242 g/mol. The highest BCUT2D eigenvalue weighted by Crippen LogP contribution is 2.55. The molecule has 0 aromatic heterocycles. The number of aliphatic hydroxyl groups is 1. The van der Waals surface area contributed by atoms with Gasteiger partial charge in [-0.1, -0.05) is 34.1 Å². The maximum atomic E-state index is 9.15. The van der Waals surface area contributed by atoms with Crippen molar-refractivity contribution in [1.82, 2.24) is 0 Å². The van der Waals surface area contributed by atoms with Gasteiger partial charge in [-0.25, -0.2) is 0 Å². The Morgan fingerprint density at radius 1 is 1.57 bits per heavy atom. The van der Waals surface area contributed by atoms with E-state index in [1.165, 1.54) is 0 Å². The Morgan fingerprint density at radius 3 is 2.79 bits per heavy atom. The van der Waals surface area contributed by atoms with Gasteiger partial charge in [0, 0.05) is 17.0 Å². The molecule has 1 aliphatic carbocycles. The first kappa shape index (κ1) is 9.70. The summed E-state index contributed by atoms with van der Waals surface area (Å²) >= 11 is 3.44. The van der Waals surface area contributed by atoms with Crippen molar-refractivity contribution in [3.8, 4) is 6.07 Å². The summed E-state index contributed by atoms with van der Waals surface area (Å²) in [5.74, 6) is 0.103. The van der Waals surface area contributed by atoms with E-state index in [9.17, 15) is 0 Å². The van der Waals surface area contributed by atoms with Crippen LogP contribution in [0.2, 0.25) is 0 Å². The van der Waals surface area contributed by atoms with E-state index in [0.29, 0.717) is 0 Å². The van der Waals surface area contributed by atoms with E-state index in [-0.39, 0.29) is 12.5 Å². The van der Waals surface area contributed by atoms with Crippen LogP contribution in [0.3, 0.4) is 0 Å². The predicted octanol–water partition coefficient (Wildman–Crippen LogP) is 2.22. The standard InChI is InChI=1S/C11H10BrNO/c12-10-4-2-1-3-9(10)11(7-13)5-8(11)6-14/h1-4,8,14H,5-6H2. The van der Waals surface area contributed by atoms with Gasteiger partial charge < -0.3 is 5.11 Å². The normalized spacial score (nSPS) is 29.6. The number of aliphatic hydroxyl groups excluding tert-OH is 1. The summed E-state index contributed by atoms with van der Waals surface area (Å²) in [4.78, 5) is 0. The van der Waals surface area contributed by atoms with Crippen LogP contribution in [0, 0.1) is 17.2 Å². The van der Waals surface area contributed by atoms with E-state index < -0.39 is 5.41 Å². The maximum Gasteiger partial charge on any atom is 0.0887 e. The quantitative estimate of drug-likeness (QED) is 0.877. The molecule has 0 spiro atoms. The highest BCUT2D eigenvalue weighted by Gasteiger charge is 2.56. The van der Waals surface area contributed by atoms with Crippen molar-refractivity contribution in [2.24, 2.45) is 5.92 Å². The first-order chi connectivity index (χ1) is 6.74. The summed E-state index contributed by atoms with van der Waals surface area (Å²) in [5.41, 5.74) is 0.552. The van der Waals surface area contributed by atoms with Crippen LogP contribution in [0.25, 0.3) is 0 Å². The van der Waals surface area contributed by atoms with Gasteiger partial charge in [0.15, 0.2) is 0 Å². The Hall–Kier alpha value is -0.850. The lowest BCUT2D eigenvalue weighted by Gasteiger charge is -2.09. The van der Waals surface area contributed by atoms with Gasteiger partial charge in [-0.3, -0.25) is 0 Å². The zero-order valence-corrected chi connectivity index (χ0v) is 9.16. The van der Waals surface area contributed by atoms with E-state index in [1.54, 1.807) is 0 Å². The Balaban J connectivity index is 2.41. The highest BCUT2D eigenvalue weighted by atomic mass is 79.9. The number of benzene rings is 1. The van der Waals surface area contributed by atoms with Gasteiger partial charge in [-0.15, -0.1) is 0 Å². The molecule has 0 heterocycles. The van der Waals surface area contributed by atoms with Crippen LogP contribution in [0.5, 0.6) is 0 Å². The molecule has 3 heteroatoms. The van der Waals surface area contributed by atoms with E-state index in [4.69, 9.17) is 10.4 Å². The number of nitrogens with zero attached hydrogens (tertiary/aromatic N) is 1. The molecule has 72 valence electrons. The van der Waals surface area contributed by atoms with Gasteiger partial charge in [0.05, 0.1) is 11.5 Å². The summed E-state index contributed by atoms with van der Waals surface area (Å²) in [6.07, 6.45) is 0.766. The van der Waals surface area contributed by atoms with Crippen molar-refractivity contribution in [2.75, 3.05) is 6.61 Å². The molecule has 0 aliphatic heterocycles. The van der Waals surface area contributed by atoms with Gasteiger partial charge in [-0.05, 0) is 18.1 Å². The Morgan fingerprint density at radius 2 is 2.29 bits per heavy atom. The van der Waals surface area contributed by atoms with Crippen molar-refractivity contribution in [3.05, 3.63) is 34.3 Å². The zero-order chi connectivity index (χ0) is 10.2. The molecule has 1 N–H and O–H groups in total. The summed E-state index contributed by atoms with van der Waals surface area (Å²) in [6.45, 7) is 0.0922. The monoisotopic (exact) mass is 251 g/mol. The molecule has 1 fully saturated rings. The lowest BCUT2D eigenvalue weighted by atomic mass is 9.95. The molecule has 0 saturated heterocycles. The summed E-state index contributed by atoms with van der Waals surface area (Å²) in [5, 5.41) is 18.2. The third-order valence-corrected chi connectivity index (χ3v) is 3.57. The second-order valence-corrected chi connectivity index (χ2v) is 4.50. The van der Waals surface area contributed by atoms with Gasteiger partial charge >= 0.3 is 0 Å². The summed E-state index contributed by atoms with van der Waals surface area (Å²) in [6, 6.07) is 10.0. The van der Waals surface area contributed by atoms with Crippen LogP contribution in [0.1, 0.15) is 12.0 Å². The van der Waals surface area contributed by atoms with Crippen LogP contribution in [-0.2, 0) is 5.41 Å². The molecule has 1 aromatic carbocycles. The third kappa shape index (κ3) is 1.26. The second-order valence-electron chi connectivity index (χ2n) is 3.65. The highest BCUT2D eigenvalue weighted by molar-refractivity contribution is 9.10. The lowest BCUT2D eigenvalue weighted by Crippen LogP contribution is -2.09. The van der Waals surface area contributed by atoms with Gasteiger partial charge in [0.1, 0.15) is 0 Å². The van der Waals surface area contributed by atoms with Gasteiger partial charge in [-0.2, -0.15) is 5.26 Å². The maximum absolute atomic E-state index is 9.15. The largest absolute Gasteiger partial charge is 0.396 e. The number of hydrogen-bond acceptors (Lipinski definition) is 2. The molecule has 2 atom stereocenters. The predicted molar refractivity (Wildman–Crippen MR) is 56.6 cm³/mol. The molecule has 0 amide bonds. The van der Waals surface area contributed by atoms with Crippen LogP contribution >= 0.6 is 15.9 Å². The number of nitriles is 1. The van der Waals surface area contributed by atoms with Crippen LogP contribution in [0.4, 0.5) is 0 Å². The van der Waals surface area contributed by atoms with Gasteiger partial charge in [0.25, 0.3) is 0 Å². The summed E-state index contributed by atoms with van der Waals surface area (Å²) in [7, 11) is 0. The molecule has 1 aliphatic rings. The molecule has 1 saturated carbocycles. The minimum atomic E-state index is -0.450. The molecule has 1 aromatic rings. The average molecular weight is 252 g/mol. The SMILES string of the molecule is N#CC1(c2ccccc2Br)CC1CO. The average Bonchev–Trinajstić information content (AvgIpc) is 2.93. The molecular formula is C11H10BrNO. The molecule has 14 heavy (non-hydrogen) atoms. The first-order valence-electron chi connectivity index (χ1n) is 4.51. The van der Waals surface area contributed by atoms with Crippen LogP contribution < -0.4 is 0 Å². The fraction of sp³-hybridized carbons (Fsp3) is 0.364. The fourth-order valence-electron chi connectivity index (χ4n) is 1.90. The molecule has 2 unspecified atom stereocenters. The lowest BCUT2D eigenvalue weighted by molar-refractivity contribution is 0.269. The van der Waals surface area contributed by atoms with E-state index in [2.05, 4.69) is 22.0 Å². The van der Waals surface area contributed by atoms with Crippen molar-refractivity contribution < 1.29 is 5.11 Å². The second kappa shape index (κ2) is 3.38. The van der Waals surface area contributed by atoms with E-state index in [0.717, 1.165) is 16.5 Å². The fourth-order valence-corrected chi connectivity index (χ4v) is 2.54. The third-order valence-electron chi connectivity index (χ3n) is 2.88. The van der Waals surface area contributed by atoms with E-state index in [1.807, 2.05) is 24.3 Å². The smallest absolute Gasteiger partial charge is 0.0887 e. The Bertz CT molecular complexity index is 399. The van der Waals surface area contributed by atoms with Crippen LogP contribution in [-0.4, -0.2) is 11.7 Å². The first-order valence-corrected chi connectivity index (χ1v) is 5.31. The topological polar surface area (TPSA) is 44.0 Å². The van der Waals surface area contributed by atoms with Crippen molar-refractivity contribution in [3.63, 3.8) is 0 Å². The Labute approximate surface area is 91.3 Å². The number of halogens is 1. The molecule has 0 radical (unpaired) electrons. The van der Waals surface area contributed by atoms with Crippen LogP contribution in [0.15, 0.2) is 28.7 Å².